The summed E-state index contributed by atoms with van der Waals surface area (Å²) in [5.41, 5.74) is 5.89. The van der Waals surface area contributed by atoms with E-state index in [1.807, 2.05) is 37.5 Å². The van der Waals surface area contributed by atoms with Crippen molar-refractivity contribution < 1.29 is 14.1 Å². The number of nitrogens with zero attached hydrogens (tertiary/aromatic N) is 5. The van der Waals surface area contributed by atoms with Crippen LogP contribution in [-0.2, 0) is 9.53 Å². The molecule has 1 aromatic heterocycles. The maximum absolute atomic E-state index is 12.2. The molecule has 8 heteroatoms. The Kier molecular flexibility index (Phi) is 6.61. The summed E-state index contributed by atoms with van der Waals surface area (Å²) in [7, 11) is 0. The van der Waals surface area contributed by atoms with Crippen LogP contribution in [0, 0.1) is 11.8 Å². The second kappa shape index (κ2) is 10.4. The molecule has 4 heterocycles. The van der Waals surface area contributed by atoms with Gasteiger partial charge < -0.3 is 9.64 Å². The molecule has 1 atom stereocenters. The van der Waals surface area contributed by atoms with Gasteiger partial charge in [0.25, 0.3) is 5.84 Å². The molecule has 0 amide bonds. The molecule has 3 aliphatic heterocycles. The zero-order valence-electron chi connectivity index (χ0n) is 23.3. The molecule has 1 unspecified atom stereocenters. The number of allylic oxidation sites excluding steroid dienone is 2. The number of likely N-dealkylation sites (tertiary alicyclic amines) is 1. The number of benzene rings is 2. The van der Waals surface area contributed by atoms with Crippen molar-refractivity contribution in [2.45, 2.75) is 38.6 Å². The predicted molar refractivity (Wildman–Crippen MR) is 160 cm³/mol. The van der Waals surface area contributed by atoms with Gasteiger partial charge in [0.15, 0.2) is 0 Å². The minimum Gasteiger partial charge on any atom is -0.466 e. The van der Waals surface area contributed by atoms with Crippen LogP contribution in [0.5, 0.6) is 0 Å². The van der Waals surface area contributed by atoms with Crippen molar-refractivity contribution in [3.8, 4) is 11.3 Å². The predicted octanol–water partition coefficient (Wildman–Crippen LogP) is 5.17. The average Bonchev–Trinajstić information content (AvgIpc) is 3.29. The van der Waals surface area contributed by atoms with E-state index in [1.165, 1.54) is 0 Å². The summed E-state index contributed by atoms with van der Waals surface area (Å²) in [6.45, 7) is 4.20. The number of ether oxygens (including phenoxy) is 1. The maximum Gasteiger partial charge on any atom is 0.309 e. The zero-order chi connectivity index (χ0) is 28.0. The Hall–Kier alpha value is -3.98. The van der Waals surface area contributed by atoms with Gasteiger partial charge in [0.1, 0.15) is 11.9 Å². The monoisotopic (exact) mass is 547 g/mol. The number of hydrogen-bond donors (Lipinski definition) is 1. The van der Waals surface area contributed by atoms with E-state index in [1.54, 1.807) is 6.20 Å². The summed E-state index contributed by atoms with van der Waals surface area (Å²) >= 11 is 0. The lowest BCUT2D eigenvalue weighted by atomic mass is 9.76. The molecule has 2 aromatic carbocycles. The van der Waals surface area contributed by atoms with Crippen LogP contribution in [0.4, 0.5) is 0 Å². The Morgan fingerprint density at radius 1 is 1.05 bits per heavy atom. The highest BCUT2D eigenvalue weighted by molar-refractivity contribution is 6.02. The highest BCUT2D eigenvalue weighted by Crippen LogP contribution is 2.44. The topological polar surface area (TPSA) is 93.2 Å². The number of carbonyl (C=O) groups is 1. The normalized spacial score (nSPS) is 26.1. The van der Waals surface area contributed by atoms with Crippen molar-refractivity contribution in [3.05, 3.63) is 90.0 Å². The molecule has 0 radical (unpaired) electrons. The van der Waals surface area contributed by atoms with Crippen molar-refractivity contribution in [2.75, 3.05) is 19.7 Å². The second-order valence-electron chi connectivity index (χ2n) is 11.4. The number of quaternary nitrogens is 1. The summed E-state index contributed by atoms with van der Waals surface area (Å²) in [6, 6.07) is 21.2. The van der Waals surface area contributed by atoms with Gasteiger partial charge in [0, 0.05) is 22.9 Å². The molecule has 208 valence electrons. The van der Waals surface area contributed by atoms with Crippen LogP contribution >= 0.6 is 0 Å². The maximum atomic E-state index is 12.2. The number of piperidine rings is 1. The fraction of sp³-hybridized carbons (Fsp3) is 0.333. The smallest absolute Gasteiger partial charge is 0.309 e. The van der Waals surface area contributed by atoms with Gasteiger partial charge in [-0.1, -0.05) is 42.5 Å². The largest absolute Gasteiger partial charge is 0.466 e. The summed E-state index contributed by atoms with van der Waals surface area (Å²) in [5, 5.41) is 1.08. The number of amidine groups is 1. The van der Waals surface area contributed by atoms with E-state index in [4.69, 9.17) is 20.6 Å². The van der Waals surface area contributed by atoms with E-state index in [-0.39, 0.29) is 16.5 Å². The first kappa shape index (κ1) is 26.0. The summed E-state index contributed by atoms with van der Waals surface area (Å²) in [6.07, 6.45) is 9.36. The van der Waals surface area contributed by atoms with E-state index >= 15 is 0 Å². The fourth-order valence-electron chi connectivity index (χ4n) is 6.60. The Balaban J connectivity index is 1.12. The van der Waals surface area contributed by atoms with Gasteiger partial charge in [0.2, 0.25) is 5.70 Å². The number of esters is 1. The number of pyridine rings is 1. The van der Waals surface area contributed by atoms with E-state index < -0.39 is 0 Å². The average molecular weight is 548 g/mol. The number of fused-ring (bicyclic) bond motifs is 2. The fourth-order valence-corrected chi connectivity index (χ4v) is 6.60. The first-order valence-corrected chi connectivity index (χ1v) is 14.6. The number of carbonyl (C=O) groups excluding carboxylic acids is 1. The van der Waals surface area contributed by atoms with Gasteiger partial charge in [-0.15, -0.1) is 4.59 Å². The molecule has 8 nitrogen and oxygen atoms in total. The highest BCUT2D eigenvalue weighted by Gasteiger charge is 2.49. The molecule has 4 aliphatic rings. The third kappa shape index (κ3) is 4.62. The molecule has 3 aromatic rings. The van der Waals surface area contributed by atoms with Crippen molar-refractivity contribution >= 4 is 28.9 Å². The minimum atomic E-state index is -0.0414. The number of aromatic nitrogens is 1. The molecule has 7 rings (SSSR count). The van der Waals surface area contributed by atoms with Crippen molar-refractivity contribution in [1.82, 2.24) is 9.88 Å². The number of nitrogens with two attached hydrogens (primary N) is 1. The Labute approximate surface area is 240 Å². The van der Waals surface area contributed by atoms with Gasteiger partial charge in [-0.25, -0.2) is 4.98 Å². The Bertz CT molecular complexity index is 1610. The van der Waals surface area contributed by atoms with Crippen molar-refractivity contribution in [2.24, 2.45) is 27.7 Å². The van der Waals surface area contributed by atoms with Gasteiger partial charge in [-0.3, -0.25) is 9.79 Å². The van der Waals surface area contributed by atoms with Crippen LogP contribution in [-0.4, -0.2) is 58.2 Å². The Morgan fingerprint density at radius 3 is 2.61 bits per heavy atom. The zero-order valence-corrected chi connectivity index (χ0v) is 23.3. The van der Waals surface area contributed by atoms with Gasteiger partial charge in [-0.2, -0.15) is 10.8 Å². The van der Waals surface area contributed by atoms with Crippen molar-refractivity contribution in [3.63, 3.8) is 0 Å². The third-order valence-corrected chi connectivity index (χ3v) is 9.01. The number of rotatable bonds is 6. The Morgan fingerprint density at radius 2 is 1.83 bits per heavy atom. The van der Waals surface area contributed by atoms with E-state index in [2.05, 4.69) is 52.4 Å². The molecule has 0 bridgehead atoms. The van der Waals surface area contributed by atoms with Crippen LogP contribution in [0.3, 0.4) is 0 Å². The molecule has 1 saturated heterocycles. The van der Waals surface area contributed by atoms with E-state index in [9.17, 15) is 4.79 Å². The second-order valence-corrected chi connectivity index (χ2v) is 11.4. The van der Waals surface area contributed by atoms with Crippen LogP contribution in [0.15, 0.2) is 94.4 Å². The minimum absolute atomic E-state index is 0.0226. The van der Waals surface area contributed by atoms with E-state index in [0.717, 1.165) is 83.7 Å². The van der Waals surface area contributed by atoms with Crippen LogP contribution < -0.4 is 5.84 Å². The van der Waals surface area contributed by atoms with Gasteiger partial charge >= 0.3 is 5.97 Å². The van der Waals surface area contributed by atoms with Gasteiger partial charge in [0.05, 0.1) is 41.7 Å². The lowest BCUT2D eigenvalue weighted by molar-refractivity contribution is -0.750. The molecule has 1 aliphatic carbocycles. The molecular formula is C33H35N6O2+. The van der Waals surface area contributed by atoms with Crippen LogP contribution in [0.25, 0.3) is 22.2 Å². The lowest BCUT2D eigenvalue weighted by Gasteiger charge is -2.45. The molecule has 41 heavy (non-hydrogen) atoms. The number of hydrogen-bond acceptors (Lipinski definition) is 7. The first-order valence-electron chi connectivity index (χ1n) is 14.6. The molecule has 2 N–H and O–H groups in total. The van der Waals surface area contributed by atoms with E-state index in [0.29, 0.717) is 18.6 Å². The molecule has 2 fully saturated rings. The lowest BCUT2D eigenvalue weighted by Crippen LogP contribution is -2.53. The summed E-state index contributed by atoms with van der Waals surface area (Å²) in [4.78, 5) is 29.3. The SMILES string of the molecule is CCOC(=O)C1CCN(C2CC(C3=C4C=NC=C[N+]4(N)C(c4ccc5ccc(-c6ccccc6)nc5c4)=N3)C2)CC1. The summed E-state index contributed by atoms with van der Waals surface area (Å²) < 4.78 is 5.27. The van der Waals surface area contributed by atoms with Crippen molar-refractivity contribution in [1.29, 1.82) is 0 Å². The summed E-state index contributed by atoms with van der Waals surface area (Å²) in [5.74, 6) is 8.18. The number of aliphatic imine (C=N–C) groups is 2. The quantitative estimate of drug-likeness (QED) is 0.261. The van der Waals surface area contributed by atoms with Crippen LogP contribution in [0.2, 0.25) is 0 Å². The highest BCUT2D eigenvalue weighted by atomic mass is 16.5. The third-order valence-electron chi connectivity index (χ3n) is 9.01. The molecular weight excluding hydrogens is 512 g/mol. The standard InChI is InChI=1S/C33H35N6O2/c1-2-41-33(40)24-12-15-38(16-13-24)27-18-26(19-27)31-30-21-35-14-17-39(30,34)32(37-31)25-9-8-23-10-11-28(36-29(23)20-25)22-6-4-3-5-7-22/h3-11,14,17,20-21,24,26-27H,2,12-13,15-16,18-19,34H2,1H3/q+1. The van der Waals surface area contributed by atoms with Crippen LogP contribution in [0.1, 0.15) is 38.2 Å². The molecule has 0 spiro atoms. The first-order chi connectivity index (χ1) is 20.0. The van der Waals surface area contributed by atoms with Gasteiger partial charge in [-0.05, 0) is 63.9 Å². The molecule has 1 saturated carbocycles.